The van der Waals surface area contributed by atoms with E-state index in [0.717, 1.165) is 38.3 Å². The highest BCUT2D eigenvalue weighted by molar-refractivity contribution is 6.32. The van der Waals surface area contributed by atoms with Crippen molar-refractivity contribution in [2.75, 3.05) is 53.5 Å². The van der Waals surface area contributed by atoms with Crippen molar-refractivity contribution in [1.29, 1.82) is 0 Å². The number of rotatable bonds is 8. The van der Waals surface area contributed by atoms with Crippen molar-refractivity contribution in [3.63, 3.8) is 0 Å². The van der Waals surface area contributed by atoms with Crippen LogP contribution in [0.4, 0.5) is 0 Å². The molecule has 29 heavy (non-hydrogen) atoms. The van der Waals surface area contributed by atoms with Gasteiger partial charge in [-0.2, -0.15) is 0 Å². The predicted molar refractivity (Wildman–Crippen MR) is 117 cm³/mol. The van der Waals surface area contributed by atoms with Gasteiger partial charge in [0.15, 0.2) is 5.78 Å². The van der Waals surface area contributed by atoms with Crippen molar-refractivity contribution in [3.05, 3.63) is 64.7 Å². The number of methoxy groups -OCH3 is 1. The Morgan fingerprint density at radius 3 is 2.62 bits per heavy atom. The number of hydrogen-bond donors (Lipinski definition) is 0. The third-order valence-corrected chi connectivity index (χ3v) is 5.38. The zero-order chi connectivity index (χ0) is 20.6. The molecule has 2 aromatic carbocycles. The minimum atomic E-state index is -0.137. The third kappa shape index (κ3) is 6.07. The van der Waals surface area contributed by atoms with Crippen LogP contribution in [0, 0.1) is 0 Å². The molecule has 154 valence electrons. The largest absolute Gasteiger partial charge is 0.497 e. The van der Waals surface area contributed by atoms with E-state index in [-0.39, 0.29) is 5.78 Å². The second-order valence-electron chi connectivity index (χ2n) is 7.07. The highest BCUT2D eigenvalue weighted by Gasteiger charge is 2.15. The van der Waals surface area contributed by atoms with Crippen LogP contribution in [0.25, 0.3) is 6.08 Å². The lowest BCUT2D eigenvalue weighted by molar-refractivity contribution is 0.104. The minimum Gasteiger partial charge on any atom is -0.497 e. The number of ether oxygens (including phenoxy) is 2. The van der Waals surface area contributed by atoms with Gasteiger partial charge in [-0.25, -0.2) is 0 Å². The van der Waals surface area contributed by atoms with Crippen molar-refractivity contribution in [3.8, 4) is 11.5 Å². The van der Waals surface area contributed by atoms with Crippen LogP contribution >= 0.6 is 11.6 Å². The smallest absolute Gasteiger partial charge is 0.189 e. The Hall–Kier alpha value is -2.34. The van der Waals surface area contributed by atoms with E-state index < -0.39 is 0 Å². The predicted octanol–water partition coefficient (Wildman–Crippen LogP) is 3.87. The Bertz CT molecular complexity index is 861. The SMILES string of the molecule is COc1ccc(C(=O)C=Cc2ccccc2Cl)c(OCCN2CCN(C)CC2)c1. The summed E-state index contributed by atoms with van der Waals surface area (Å²) in [7, 11) is 3.74. The van der Waals surface area contributed by atoms with Gasteiger partial charge in [0, 0.05) is 43.8 Å². The Labute approximate surface area is 177 Å². The monoisotopic (exact) mass is 414 g/mol. The number of piperazine rings is 1. The molecule has 0 radical (unpaired) electrons. The number of likely N-dealkylation sites (N-methyl/N-ethyl adjacent to an activating group) is 1. The molecule has 0 amide bonds. The average Bonchev–Trinajstić information content (AvgIpc) is 2.74. The summed E-state index contributed by atoms with van der Waals surface area (Å²) in [5, 5.41) is 0.606. The van der Waals surface area contributed by atoms with E-state index in [2.05, 4.69) is 16.8 Å². The summed E-state index contributed by atoms with van der Waals surface area (Å²) in [6, 6.07) is 12.7. The number of nitrogens with zero attached hydrogens (tertiary/aromatic N) is 2. The number of allylic oxidation sites excluding steroid dienone is 1. The molecule has 0 unspecified atom stereocenters. The normalized spacial score (nSPS) is 15.6. The quantitative estimate of drug-likeness (QED) is 0.484. The number of carbonyl (C=O) groups is 1. The highest BCUT2D eigenvalue weighted by Crippen LogP contribution is 2.26. The number of carbonyl (C=O) groups excluding carboxylic acids is 1. The standard InChI is InChI=1S/C23H27ClN2O3/c1-25-11-13-26(14-12-25)15-16-29-23-17-19(28-2)8-9-20(23)22(27)10-7-18-5-3-4-6-21(18)24/h3-10,17H,11-16H2,1-2H3. The van der Waals surface area contributed by atoms with E-state index >= 15 is 0 Å². The van der Waals surface area contributed by atoms with Gasteiger partial charge in [0.05, 0.1) is 12.7 Å². The molecule has 0 saturated carbocycles. The van der Waals surface area contributed by atoms with Crippen molar-refractivity contribution < 1.29 is 14.3 Å². The van der Waals surface area contributed by atoms with Gasteiger partial charge in [-0.3, -0.25) is 9.69 Å². The second kappa shape index (κ2) is 10.4. The van der Waals surface area contributed by atoms with Gasteiger partial charge < -0.3 is 14.4 Å². The van der Waals surface area contributed by atoms with Gasteiger partial charge in [-0.15, -0.1) is 0 Å². The molecule has 5 nitrogen and oxygen atoms in total. The fourth-order valence-electron chi connectivity index (χ4n) is 3.17. The first-order chi connectivity index (χ1) is 14.1. The fourth-order valence-corrected chi connectivity index (χ4v) is 3.37. The van der Waals surface area contributed by atoms with E-state index in [1.54, 1.807) is 37.5 Å². The van der Waals surface area contributed by atoms with Gasteiger partial charge in [0.1, 0.15) is 18.1 Å². The number of hydrogen-bond acceptors (Lipinski definition) is 5. The summed E-state index contributed by atoms with van der Waals surface area (Å²) >= 11 is 6.16. The van der Waals surface area contributed by atoms with Gasteiger partial charge in [0.25, 0.3) is 0 Å². The fraction of sp³-hybridized carbons (Fsp3) is 0.348. The van der Waals surface area contributed by atoms with Crippen LogP contribution in [0.15, 0.2) is 48.5 Å². The Morgan fingerprint density at radius 2 is 1.90 bits per heavy atom. The van der Waals surface area contributed by atoms with Crippen molar-refractivity contribution in [2.45, 2.75) is 0 Å². The van der Waals surface area contributed by atoms with Gasteiger partial charge in [0.2, 0.25) is 0 Å². The molecular weight excluding hydrogens is 388 g/mol. The zero-order valence-corrected chi connectivity index (χ0v) is 17.7. The van der Waals surface area contributed by atoms with Crippen molar-refractivity contribution >= 4 is 23.5 Å². The molecular formula is C23H27ClN2O3. The molecule has 1 fully saturated rings. The lowest BCUT2D eigenvalue weighted by Crippen LogP contribution is -2.45. The Morgan fingerprint density at radius 1 is 1.14 bits per heavy atom. The second-order valence-corrected chi connectivity index (χ2v) is 7.48. The maximum Gasteiger partial charge on any atom is 0.189 e. The van der Waals surface area contributed by atoms with E-state index in [1.165, 1.54) is 6.08 Å². The van der Waals surface area contributed by atoms with Crippen LogP contribution in [0.1, 0.15) is 15.9 Å². The molecule has 0 atom stereocenters. The average molecular weight is 415 g/mol. The zero-order valence-electron chi connectivity index (χ0n) is 16.9. The lowest BCUT2D eigenvalue weighted by Gasteiger charge is -2.32. The molecule has 0 spiro atoms. The number of benzene rings is 2. The highest BCUT2D eigenvalue weighted by atomic mass is 35.5. The van der Waals surface area contributed by atoms with Crippen molar-refractivity contribution in [1.82, 2.24) is 9.80 Å². The number of halogens is 1. The first-order valence-corrected chi connectivity index (χ1v) is 10.1. The molecule has 0 aliphatic carbocycles. The van der Waals surface area contributed by atoms with E-state index in [1.807, 2.05) is 18.2 Å². The molecule has 6 heteroatoms. The van der Waals surface area contributed by atoms with Gasteiger partial charge in [-0.1, -0.05) is 29.8 Å². The van der Waals surface area contributed by atoms with Crippen LogP contribution in [-0.2, 0) is 0 Å². The first kappa shape index (κ1) is 21.4. The maximum atomic E-state index is 12.8. The molecule has 1 aliphatic heterocycles. The summed E-state index contributed by atoms with van der Waals surface area (Å²) in [5.41, 5.74) is 1.31. The molecule has 0 aromatic heterocycles. The van der Waals surface area contributed by atoms with Crippen LogP contribution in [0.2, 0.25) is 5.02 Å². The topological polar surface area (TPSA) is 42.0 Å². The minimum absolute atomic E-state index is 0.137. The molecule has 0 bridgehead atoms. The number of ketones is 1. The Kier molecular flexibility index (Phi) is 7.69. The van der Waals surface area contributed by atoms with Crippen LogP contribution < -0.4 is 9.47 Å². The lowest BCUT2D eigenvalue weighted by atomic mass is 10.1. The summed E-state index contributed by atoms with van der Waals surface area (Å²) in [5.74, 6) is 1.06. The van der Waals surface area contributed by atoms with Gasteiger partial charge in [-0.05, 0) is 43.0 Å². The molecule has 1 saturated heterocycles. The molecule has 2 aromatic rings. The van der Waals surface area contributed by atoms with Crippen LogP contribution in [0.5, 0.6) is 11.5 Å². The molecule has 0 N–H and O–H groups in total. The van der Waals surface area contributed by atoms with E-state index in [0.29, 0.717) is 28.7 Å². The molecule has 3 rings (SSSR count). The van der Waals surface area contributed by atoms with E-state index in [4.69, 9.17) is 21.1 Å². The van der Waals surface area contributed by atoms with Crippen molar-refractivity contribution in [2.24, 2.45) is 0 Å². The van der Waals surface area contributed by atoms with Gasteiger partial charge >= 0.3 is 0 Å². The van der Waals surface area contributed by atoms with Crippen LogP contribution in [0.3, 0.4) is 0 Å². The Balaban J connectivity index is 1.68. The summed E-state index contributed by atoms with van der Waals surface area (Å²) in [4.78, 5) is 17.5. The van der Waals surface area contributed by atoms with Crippen LogP contribution in [-0.4, -0.2) is 69.1 Å². The summed E-state index contributed by atoms with van der Waals surface area (Å²) < 4.78 is 11.3. The first-order valence-electron chi connectivity index (χ1n) is 9.75. The molecule has 1 aliphatic rings. The maximum absolute atomic E-state index is 12.8. The summed E-state index contributed by atoms with van der Waals surface area (Å²) in [6.07, 6.45) is 3.25. The van der Waals surface area contributed by atoms with E-state index in [9.17, 15) is 4.79 Å². The molecule has 1 heterocycles. The summed E-state index contributed by atoms with van der Waals surface area (Å²) in [6.45, 7) is 5.54. The third-order valence-electron chi connectivity index (χ3n) is 5.03.